The minimum Gasteiger partial charge on any atom is -0.344 e. The van der Waals surface area contributed by atoms with Gasteiger partial charge in [0.25, 0.3) is 0 Å². The molecule has 7 nitrogen and oxygen atoms in total. The Morgan fingerprint density at radius 1 is 1.11 bits per heavy atom. The average Bonchev–Trinajstić information content (AvgIpc) is 2.97. The normalized spacial score (nSPS) is 11.4. The van der Waals surface area contributed by atoms with Gasteiger partial charge in [0, 0.05) is 31.7 Å². The van der Waals surface area contributed by atoms with Crippen molar-refractivity contribution in [2.45, 2.75) is 12.7 Å². The Bertz CT molecular complexity index is 999. The zero-order chi connectivity index (χ0) is 19.6. The van der Waals surface area contributed by atoms with Crippen LogP contribution in [0.3, 0.4) is 0 Å². The van der Waals surface area contributed by atoms with E-state index in [9.17, 15) is 22.8 Å². The fourth-order valence-corrected chi connectivity index (χ4v) is 2.48. The molecule has 0 aliphatic carbocycles. The molecule has 2 heterocycles. The van der Waals surface area contributed by atoms with Gasteiger partial charge in [0.05, 0.1) is 11.0 Å². The van der Waals surface area contributed by atoms with Crippen LogP contribution in [0.1, 0.15) is 11.4 Å². The molecule has 0 unspecified atom stereocenters. The minimum absolute atomic E-state index is 0.0554. The van der Waals surface area contributed by atoms with Gasteiger partial charge in [-0.25, -0.2) is 4.98 Å². The standard InChI is InChI=1S/C17H14F3N5O2/c1-25-13-3-2-11(8-12(13)24-16(25)17(18,19)20)23-15(27)14(26)22-9-10-4-6-21-7-5-10/h2-8H,9H2,1H3,(H,22,26)(H,23,27). The number of nitrogens with zero attached hydrogens (tertiary/aromatic N) is 3. The molecule has 2 N–H and O–H groups in total. The number of fused-ring (bicyclic) bond motifs is 1. The first kappa shape index (κ1) is 18.4. The molecule has 0 aliphatic rings. The zero-order valence-electron chi connectivity index (χ0n) is 14.0. The molecule has 3 rings (SSSR count). The highest BCUT2D eigenvalue weighted by Crippen LogP contribution is 2.31. The van der Waals surface area contributed by atoms with Crippen LogP contribution in [0.15, 0.2) is 42.7 Å². The molecule has 27 heavy (non-hydrogen) atoms. The highest BCUT2D eigenvalue weighted by Gasteiger charge is 2.36. The molecule has 10 heteroatoms. The predicted octanol–water partition coefficient (Wildman–Crippen LogP) is 2.24. The van der Waals surface area contributed by atoms with Crippen LogP contribution in [0, 0.1) is 0 Å². The summed E-state index contributed by atoms with van der Waals surface area (Å²) in [4.78, 5) is 31.2. The molecule has 0 saturated heterocycles. The smallest absolute Gasteiger partial charge is 0.344 e. The van der Waals surface area contributed by atoms with Gasteiger partial charge in [-0.2, -0.15) is 13.2 Å². The lowest BCUT2D eigenvalue weighted by molar-refractivity contribution is -0.146. The number of alkyl halides is 3. The topological polar surface area (TPSA) is 88.9 Å². The van der Waals surface area contributed by atoms with Gasteiger partial charge < -0.3 is 15.2 Å². The van der Waals surface area contributed by atoms with Crippen molar-refractivity contribution in [2.75, 3.05) is 5.32 Å². The Hall–Kier alpha value is -3.43. The molecule has 0 spiro atoms. The second-order valence-electron chi connectivity index (χ2n) is 5.69. The quantitative estimate of drug-likeness (QED) is 0.685. The Morgan fingerprint density at radius 3 is 2.48 bits per heavy atom. The molecule has 140 valence electrons. The van der Waals surface area contributed by atoms with Crippen LogP contribution < -0.4 is 10.6 Å². The van der Waals surface area contributed by atoms with Gasteiger partial charge in [0.15, 0.2) is 0 Å². The lowest BCUT2D eigenvalue weighted by Gasteiger charge is -2.07. The van der Waals surface area contributed by atoms with E-state index >= 15 is 0 Å². The van der Waals surface area contributed by atoms with E-state index in [2.05, 4.69) is 20.6 Å². The lowest BCUT2D eigenvalue weighted by atomic mass is 10.2. The van der Waals surface area contributed by atoms with Gasteiger partial charge in [-0.3, -0.25) is 14.6 Å². The second-order valence-corrected chi connectivity index (χ2v) is 5.69. The highest BCUT2D eigenvalue weighted by atomic mass is 19.4. The molecule has 2 aromatic heterocycles. The van der Waals surface area contributed by atoms with Crippen LogP contribution in [-0.2, 0) is 29.4 Å². The van der Waals surface area contributed by atoms with Crippen molar-refractivity contribution >= 4 is 28.5 Å². The second kappa shape index (κ2) is 7.06. The van der Waals surface area contributed by atoms with Crippen LogP contribution >= 0.6 is 0 Å². The molecule has 0 radical (unpaired) electrons. The number of benzene rings is 1. The van der Waals surface area contributed by atoms with Crippen molar-refractivity contribution in [2.24, 2.45) is 7.05 Å². The van der Waals surface area contributed by atoms with Gasteiger partial charge in [-0.15, -0.1) is 0 Å². The number of halogens is 3. The van der Waals surface area contributed by atoms with Gasteiger partial charge >= 0.3 is 18.0 Å². The summed E-state index contributed by atoms with van der Waals surface area (Å²) in [6, 6.07) is 7.44. The number of carbonyl (C=O) groups excluding carboxylic acids is 2. The van der Waals surface area contributed by atoms with E-state index in [0.29, 0.717) is 0 Å². The van der Waals surface area contributed by atoms with Gasteiger partial charge in [-0.05, 0) is 35.9 Å². The molecule has 1 aromatic carbocycles. The van der Waals surface area contributed by atoms with Crippen molar-refractivity contribution in [3.05, 3.63) is 54.1 Å². The average molecular weight is 377 g/mol. The highest BCUT2D eigenvalue weighted by molar-refractivity contribution is 6.39. The molecular formula is C17H14F3N5O2. The maximum atomic E-state index is 12.9. The first-order valence-electron chi connectivity index (χ1n) is 7.77. The summed E-state index contributed by atoms with van der Waals surface area (Å²) in [7, 11) is 1.25. The van der Waals surface area contributed by atoms with E-state index in [1.165, 1.54) is 25.2 Å². The molecule has 0 fully saturated rings. The number of hydrogen-bond donors (Lipinski definition) is 2. The van der Waals surface area contributed by atoms with Crippen molar-refractivity contribution < 1.29 is 22.8 Å². The molecule has 0 aliphatic heterocycles. The first-order chi connectivity index (χ1) is 12.8. The fraction of sp³-hybridized carbons (Fsp3) is 0.176. The van der Waals surface area contributed by atoms with Crippen molar-refractivity contribution in [3.63, 3.8) is 0 Å². The summed E-state index contributed by atoms with van der Waals surface area (Å²) in [5.41, 5.74) is 1.24. The summed E-state index contributed by atoms with van der Waals surface area (Å²) in [6.45, 7) is 0.142. The third-order valence-electron chi connectivity index (χ3n) is 3.80. The number of hydrogen-bond acceptors (Lipinski definition) is 4. The number of pyridine rings is 1. The maximum absolute atomic E-state index is 12.9. The van der Waals surface area contributed by atoms with Crippen molar-refractivity contribution in [1.29, 1.82) is 0 Å². The SMILES string of the molecule is Cn1c(C(F)(F)F)nc2cc(NC(=O)C(=O)NCc3ccncc3)ccc21. The van der Waals surface area contributed by atoms with Gasteiger partial charge in [0.1, 0.15) is 0 Å². The van der Waals surface area contributed by atoms with E-state index < -0.39 is 23.8 Å². The fourth-order valence-electron chi connectivity index (χ4n) is 2.48. The van der Waals surface area contributed by atoms with E-state index in [1.807, 2.05) is 0 Å². The zero-order valence-corrected chi connectivity index (χ0v) is 14.0. The van der Waals surface area contributed by atoms with Crippen LogP contribution in [0.25, 0.3) is 11.0 Å². The van der Waals surface area contributed by atoms with E-state index in [1.54, 1.807) is 24.5 Å². The van der Waals surface area contributed by atoms with E-state index in [-0.39, 0.29) is 23.3 Å². The van der Waals surface area contributed by atoms with Crippen molar-refractivity contribution in [3.8, 4) is 0 Å². The number of imidazole rings is 1. The molecule has 0 atom stereocenters. The molecule has 3 aromatic rings. The number of aromatic nitrogens is 3. The number of aryl methyl sites for hydroxylation is 1. The van der Waals surface area contributed by atoms with E-state index in [0.717, 1.165) is 10.1 Å². The Kier molecular flexibility index (Phi) is 4.80. The largest absolute Gasteiger partial charge is 0.449 e. The molecule has 2 amide bonds. The maximum Gasteiger partial charge on any atom is 0.449 e. The van der Waals surface area contributed by atoms with Crippen molar-refractivity contribution in [1.82, 2.24) is 19.9 Å². The third-order valence-corrected chi connectivity index (χ3v) is 3.80. The summed E-state index contributed by atoms with van der Waals surface area (Å²) >= 11 is 0. The number of carbonyl (C=O) groups is 2. The van der Waals surface area contributed by atoms with Crippen LogP contribution in [0.4, 0.5) is 18.9 Å². The number of anilines is 1. The first-order valence-corrected chi connectivity index (χ1v) is 7.77. The molecule has 0 saturated carbocycles. The summed E-state index contributed by atoms with van der Waals surface area (Å²) in [6.07, 6.45) is -1.48. The van der Waals surface area contributed by atoms with Crippen LogP contribution in [0.5, 0.6) is 0 Å². The number of rotatable bonds is 3. The molecule has 0 bridgehead atoms. The number of nitrogens with one attached hydrogen (secondary N) is 2. The van der Waals surface area contributed by atoms with Gasteiger partial charge in [-0.1, -0.05) is 0 Å². The van der Waals surface area contributed by atoms with Crippen LogP contribution in [-0.4, -0.2) is 26.3 Å². The monoisotopic (exact) mass is 377 g/mol. The minimum atomic E-state index is -4.59. The Morgan fingerprint density at radius 2 is 1.81 bits per heavy atom. The predicted molar refractivity (Wildman–Crippen MR) is 90.4 cm³/mol. The number of amides is 2. The molecular weight excluding hydrogens is 363 g/mol. The summed E-state index contributed by atoms with van der Waals surface area (Å²) in [5, 5.41) is 4.79. The van der Waals surface area contributed by atoms with E-state index in [4.69, 9.17) is 0 Å². The van der Waals surface area contributed by atoms with Crippen LogP contribution in [0.2, 0.25) is 0 Å². The third kappa shape index (κ3) is 4.05. The van der Waals surface area contributed by atoms with Gasteiger partial charge in [0.2, 0.25) is 5.82 Å². The Labute approximate surface area is 151 Å². The summed E-state index contributed by atoms with van der Waals surface area (Å²) in [5.74, 6) is -2.85. The summed E-state index contributed by atoms with van der Waals surface area (Å²) < 4.78 is 39.7. The Balaban J connectivity index is 1.70. The lowest BCUT2D eigenvalue weighted by Crippen LogP contribution is -2.34.